The number of carbonyl (C=O) groups is 1. The summed E-state index contributed by atoms with van der Waals surface area (Å²) in [4.78, 5) is 30.3. The predicted octanol–water partition coefficient (Wildman–Crippen LogP) is 4.58. The van der Waals surface area contributed by atoms with Crippen molar-refractivity contribution in [3.63, 3.8) is 0 Å². The highest BCUT2D eigenvalue weighted by Crippen LogP contribution is 2.19. The largest absolute Gasteiger partial charge is 0.459 e. The number of fused-ring (bicyclic) bond motifs is 1. The molecular weight excluding hydrogens is 364 g/mol. The molecule has 0 aliphatic rings. The Bertz CT molecular complexity index is 1210. The lowest BCUT2D eigenvalue weighted by molar-refractivity contribution is 0.0697. The molecule has 2 heterocycles. The van der Waals surface area contributed by atoms with Crippen molar-refractivity contribution in [2.24, 2.45) is 0 Å². The van der Waals surface area contributed by atoms with Gasteiger partial charge in [-0.2, -0.15) is 0 Å². The number of nitrogens with one attached hydrogen (secondary N) is 1. The number of benzene rings is 2. The van der Waals surface area contributed by atoms with Crippen molar-refractivity contribution in [2.75, 3.05) is 0 Å². The third-order valence-electron chi connectivity index (χ3n) is 5.13. The molecule has 1 N–H and O–H groups in total. The molecule has 4 aromatic rings. The second-order valence-corrected chi connectivity index (χ2v) is 7.27. The molecule has 0 atom stereocenters. The lowest BCUT2D eigenvalue weighted by Gasteiger charge is -2.22. The highest BCUT2D eigenvalue weighted by Gasteiger charge is 2.20. The van der Waals surface area contributed by atoms with E-state index in [4.69, 9.17) is 4.42 Å². The van der Waals surface area contributed by atoms with Crippen LogP contribution < -0.4 is 5.56 Å². The average Bonchev–Trinajstić information content (AvgIpc) is 3.25. The Labute approximate surface area is 168 Å². The standard InChI is InChI=1S/C24H22N2O3/c1-16-11-19-13-20(23(27)25-21(19)12-17(16)2)15-26(14-18-7-4-3-5-8-18)24(28)22-9-6-10-29-22/h3-13H,14-15H2,1-2H3,(H,25,27). The molecule has 1 amide bonds. The fourth-order valence-corrected chi connectivity index (χ4v) is 3.40. The molecule has 2 aromatic heterocycles. The Morgan fingerprint density at radius 2 is 1.72 bits per heavy atom. The first kappa shape index (κ1) is 18.7. The van der Waals surface area contributed by atoms with Gasteiger partial charge < -0.3 is 14.3 Å². The van der Waals surface area contributed by atoms with E-state index in [1.807, 2.05) is 56.3 Å². The van der Waals surface area contributed by atoms with Crippen LogP contribution in [0, 0.1) is 13.8 Å². The molecule has 4 rings (SSSR count). The van der Waals surface area contributed by atoms with E-state index in [9.17, 15) is 9.59 Å². The van der Waals surface area contributed by atoms with E-state index in [-0.39, 0.29) is 23.8 Å². The van der Waals surface area contributed by atoms with E-state index in [1.54, 1.807) is 17.0 Å². The second-order valence-electron chi connectivity index (χ2n) is 7.27. The van der Waals surface area contributed by atoms with Gasteiger partial charge in [-0.3, -0.25) is 9.59 Å². The molecule has 0 saturated carbocycles. The molecule has 0 fully saturated rings. The number of aryl methyl sites for hydroxylation is 2. The summed E-state index contributed by atoms with van der Waals surface area (Å²) in [6.07, 6.45) is 1.47. The van der Waals surface area contributed by atoms with E-state index in [0.717, 1.165) is 27.6 Å². The molecule has 5 nitrogen and oxygen atoms in total. The first-order valence-corrected chi connectivity index (χ1v) is 9.51. The number of pyridine rings is 1. The van der Waals surface area contributed by atoms with Crippen LogP contribution in [0.15, 0.2) is 76.1 Å². The first-order chi connectivity index (χ1) is 14.0. The van der Waals surface area contributed by atoms with Crippen molar-refractivity contribution in [1.29, 1.82) is 0 Å². The number of furan rings is 1. The van der Waals surface area contributed by atoms with Gasteiger partial charge in [-0.15, -0.1) is 0 Å². The number of nitrogens with zero attached hydrogens (tertiary/aromatic N) is 1. The number of hydrogen-bond donors (Lipinski definition) is 1. The quantitative estimate of drug-likeness (QED) is 0.546. The Morgan fingerprint density at radius 1 is 0.966 bits per heavy atom. The fourth-order valence-electron chi connectivity index (χ4n) is 3.40. The molecule has 0 unspecified atom stereocenters. The molecule has 0 aliphatic carbocycles. The predicted molar refractivity (Wildman–Crippen MR) is 113 cm³/mol. The molecule has 2 aromatic carbocycles. The van der Waals surface area contributed by atoms with E-state index in [2.05, 4.69) is 11.1 Å². The van der Waals surface area contributed by atoms with Crippen molar-refractivity contribution in [3.8, 4) is 0 Å². The molecule has 0 saturated heterocycles. The van der Waals surface area contributed by atoms with Crippen molar-refractivity contribution in [3.05, 3.63) is 105 Å². The fraction of sp³-hybridized carbons (Fsp3) is 0.167. The summed E-state index contributed by atoms with van der Waals surface area (Å²) >= 11 is 0. The molecule has 5 heteroatoms. The summed E-state index contributed by atoms with van der Waals surface area (Å²) in [5, 5.41) is 0.952. The number of aromatic amines is 1. The maximum atomic E-state index is 13.0. The Balaban J connectivity index is 1.71. The van der Waals surface area contributed by atoms with Crippen LogP contribution in [-0.2, 0) is 13.1 Å². The van der Waals surface area contributed by atoms with Gasteiger partial charge >= 0.3 is 0 Å². The minimum atomic E-state index is -0.251. The summed E-state index contributed by atoms with van der Waals surface area (Å²) in [6, 6.07) is 18.9. The minimum Gasteiger partial charge on any atom is -0.459 e. The van der Waals surface area contributed by atoms with Gasteiger partial charge in [-0.25, -0.2) is 0 Å². The monoisotopic (exact) mass is 386 g/mol. The normalized spacial score (nSPS) is 11.0. The SMILES string of the molecule is Cc1cc2cc(CN(Cc3ccccc3)C(=O)c3ccco3)c(=O)[nH]c2cc1C. The van der Waals surface area contributed by atoms with Gasteiger partial charge in [0.2, 0.25) is 0 Å². The van der Waals surface area contributed by atoms with Crippen LogP contribution in [0.3, 0.4) is 0 Å². The number of aromatic nitrogens is 1. The number of carbonyl (C=O) groups excluding carboxylic acids is 1. The lowest BCUT2D eigenvalue weighted by Crippen LogP contribution is -2.32. The van der Waals surface area contributed by atoms with Crippen molar-refractivity contribution < 1.29 is 9.21 Å². The third kappa shape index (κ3) is 3.99. The summed E-state index contributed by atoms with van der Waals surface area (Å²) in [6.45, 7) is 4.63. The van der Waals surface area contributed by atoms with Crippen LogP contribution in [0.4, 0.5) is 0 Å². The van der Waals surface area contributed by atoms with E-state index < -0.39 is 0 Å². The van der Waals surface area contributed by atoms with Crippen LogP contribution in [0.1, 0.15) is 32.8 Å². The van der Waals surface area contributed by atoms with Gasteiger partial charge in [-0.05, 0) is 66.3 Å². The van der Waals surface area contributed by atoms with Crippen LogP contribution in [0.5, 0.6) is 0 Å². The number of amides is 1. The Morgan fingerprint density at radius 3 is 2.45 bits per heavy atom. The molecule has 29 heavy (non-hydrogen) atoms. The lowest BCUT2D eigenvalue weighted by atomic mass is 10.0. The van der Waals surface area contributed by atoms with Gasteiger partial charge in [0, 0.05) is 17.6 Å². The zero-order valence-corrected chi connectivity index (χ0v) is 16.4. The Hall–Kier alpha value is -3.60. The molecule has 146 valence electrons. The molecular formula is C24H22N2O3. The third-order valence-corrected chi connectivity index (χ3v) is 5.13. The highest BCUT2D eigenvalue weighted by atomic mass is 16.3. The minimum absolute atomic E-state index is 0.187. The van der Waals surface area contributed by atoms with Gasteiger partial charge in [-0.1, -0.05) is 30.3 Å². The van der Waals surface area contributed by atoms with Crippen LogP contribution in [0.25, 0.3) is 10.9 Å². The smallest absolute Gasteiger partial charge is 0.290 e. The zero-order valence-electron chi connectivity index (χ0n) is 16.4. The van der Waals surface area contributed by atoms with E-state index in [1.165, 1.54) is 6.26 Å². The summed E-state index contributed by atoms with van der Waals surface area (Å²) in [5.41, 5.74) is 4.41. The van der Waals surface area contributed by atoms with E-state index >= 15 is 0 Å². The molecule has 0 radical (unpaired) electrons. The van der Waals surface area contributed by atoms with Crippen LogP contribution >= 0.6 is 0 Å². The van der Waals surface area contributed by atoms with Gasteiger partial charge in [0.25, 0.3) is 11.5 Å². The van der Waals surface area contributed by atoms with Crippen molar-refractivity contribution in [2.45, 2.75) is 26.9 Å². The Kier molecular flexibility index (Phi) is 5.04. The summed E-state index contributed by atoms with van der Waals surface area (Å²) < 4.78 is 5.30. The first-order valence-electron chi connectivity index (χ1n) is 9.51. The number of hydrogen-bond acceptors (Lipinski definition) is 3. The summed E-state index contributed by atoms with van der Waals surface area (Å²) in [7, 11) is 0. The van der Waals surface area contributed by atoms with Crippen molar-refractivity contribution in [1.82, 2.24) is 9.88 Å². The van der Waals surface area contributed by atoms with Crippen LogP contribution in [-0.4, -0.2) is 15.8 Å². The zero-order chi connectivity index (χ0) is 20.4. The topological polar surface area (TPSA) is 66.3 Å². The average molecular weight is 386 g/mol. The molecule has 0 aliphatic heterocycles. The van der Waals surface area contributed by atoms with Crippen LogP contribution in [0.2, 0.25) is 0 Å². The number of H-pyrrole nitrogens is 1. The van der Waals surface area contributed by atoms with Gasteiger partial charge in [0.05, 0.1) is 12.8 Å². The molecule has 0 bridgehead atoms. The maximum Gasteiger partial charge on any atom is 0.290 e. The van der Waals surface area contributed by atoms with Gasteiger partial charge in [0.1, 0.15) is 0 Å². The highest BCUT2D eigenvalue weighted by molar-refractivity contribution is 5.91. The number of rotatable bonds is 5. The molecule has 0 spiro atoms. The van der Waals surface area contributed by atoms with E-state index in [0.29, 0.717) is 12.1 Å². The maximum absolute atomic E-state index is 13.0. The summed E-state index contributed by atoms with van der Waals surface area (Å²) in [5.74, 6) is 0.00283. The second kappa shape index (κ2) is 7.80. The van der Waals surface area contributed by atoms with Crippen molar-refractivity contribution >= 4 is 16.8 Å². The van der Waals surface area contributed by atoms with Gasteiger partial charge in [0.15, 0.2) is 5.76 Å².